The fourth-order valence-corrected chi connectivity index (χ4v) is 3.40. The molecule has 140 valence electrons. The van der Waals surface area contributed by atoms with Crippen molar-refractivity contribution in [1.82, 2.24) is 14.9 Å². The van der Waals surface area contributed by atoms with Crippen LogP contribution in [0.2, 0.25) is 4.34 Å². The van der Waals surface area contributed by atoms with Gasteiger partial charge in [0.25, 0.3) is 11.6 Å². The molecule has 2 heterocycles. The first-order chi connectivity index (χ1) is 13.0. The van der Waals surface area contributed by atoms with Gasteiger partial charge in [0.05, 0.1) is 26.4 Å². The molecule has 10 heteroatoms. The van der Waals surface area contributed by atoms with Gasteiger partial charge in [0, 0.05) is 31.1 Å². The second kappa shape index (κ2) is 8.30. The molecule has 0 atom stereocenters. The van der Waals surface area contributed by atoms with E-state index in [1.807, 2.05) is 0 Å². The Morgan fingerprint density at radius 2 is 2.07 bits per heavy atom. The molecular formula is C17H15ClN4O4S. The Hall–Kier alpha value is -2.75. The molecule has 8 nitrogen and oxygen atoms in total. The first-order valence-corrected chi connectivity index (χ1v) is 9.02. The number of amides is 1. The van der Waals surface area contributed by atoms with Crippen LogP contribution < -0.4 is 5.32 Å². The number of non-ortho nitro benzene ring substituents is 1. The summed E-state index contributed by atoms with van der Waals surface area (Å²) in [5, 5.41) is 13.6. The van der Waals surface area contributed by atoms with Crippen molar-refractivity contribution >= 4 is 34.5 Å². The lowest BCUT2D eigenvalue weighted by Crippen LogP contribution is -2.21. The maximum atomic E-state index is 12.1. The molecule has 0 saturated heterocycles. The van der Waals surface area contributed by atoms with Crippen molar-refractivity contribution in [3.8, 4) is 5.69 Å². The van der Waals surface area contributed by atoms with Crippen LogP contribution in [-0.4, -0.2) is 27.5 Å². The molecule has 0 spiro atoms. The van der Waals surface area contributed by atoms with Gasteiger partial charge in [0.1, 0.15) is 12.4 Å². The number of benzene rings is 1. The average molecular weight is 407 g/mol. The van der Waals surface area contributed by atoms with Crippen LogP contribution in [0, 0.1) is 10.1 Å². The minimum Gasteiger partial charge on any atom is -0.377 e. The number of methoxy groups -OCH3 is 1. The van der Waals surface area contributed by atoms with Crippen LogP contribution in [0.15, 0.2) is 42.6 Å². The van der Waals surface area contributed by atoms with Crippen molar-refractivity contribution in [3.05, 3.63) is 73.4 Å². The summed E-state index contributed by atoms with van der Waals surface area (Å²) in [6, 6.07) is 9.45. The highest BCUT2D eigenvalue weighted by atomic mass is 35.5. The first kappa shape index (κ1) is 19.0. The number of nitrogens with one attached hydrogen (secondary N) is 1. The highest BCUT2D eigenvalue weighted by Crippen LogP contribution is 2.21. The van der Waals surface area contributed by atoms with Gasteiger partial charge in [-0.25, -0.2) is 4.98 Å². The van der Waals surface area contributed by atoms with Crippen molar-refractivity contribution in [1.29, 1.82) is 0 Å². The number of ether oxygens (including phenoxy) is 1. The van der Waals surface area contributed by atoms with E-state index in [0.717, 1.165) is 0 Å². The van der Waals surface area contributed by atoms with Crippen LogP contribution in [-0.2, 0) is 17.9 Å². The molecule has 2 aromatic heterocycles. The molecule has 0 saturated carbocycles. The van der Waals surface area contributed by atoms with Crippen LogP contribution in [0.5, 0.6) is 0 Å². The van der Waals surface area contributed by atoms with Gasteiger partial charge in [-0.05, 0) is 24.3 Å². The number of aromatic nitrogens is 2. The maximum absolute atomic E-state index is 12.1. The molecule has 3 aromatic rings. The van der Waals surface area contributed by atoms with Gasteiger partial charge in [-0.1, -0.05) is 11.6 Å². The lowest BCUT2D eigenvalue weighted by atomic mass is 10.3. The number of thiophene rings is 1. The van der Waals surface area contributed by atoms with Gasteiger partial charge in [-0.3, -0.25) is 14.9 Å². The number of carbonyl (C=O) groups excluding carboxylic acids is 1. The summed E-state index contributed by atoms with van der Waals surface area (Å²) in [7, 11) is 1.55. The number of nitro groups is 1. The first-order valence-electron chi connectivity index (χ1n) is 7.82. The molecule has 3 rings (SSSR count). The second-order valence-corrected chi connectivity index (χ2v) is 7.23. The monoisotopic (exact) mass is 406 g/mol. The third-order valence-electron chi connectivity index (χ3n) is 3.67. The lowest BCUT2D eigenvalue weighted by Gasteiger charge is -2.06. The molecule has 0 aliphatic carbocycles. The molecule has 0 radical (unpaired) electrons. The molecule has 0 bridgehead atoms. The van der Waals surface area contributed by atoms with Gasteiger partial charge in [-0.2, -0.15) is 0 Å². The topological polar surface area (TPSA) is 99.3 Å². The van der Waals surface area contributed by atoms with Crippen LogP contribution >= 0.6 is 22.9 Å². The van der Waals surface area contributed by atoms with E-state index in [2.05, 4.69) is 10.3 Å². The van der Waals surface area contributed by atoms with E-state index in [1.165, 1.54) is 23.5 Å². The van der Waals surface area contributed by atoms with Gasteiger partial charge in [0.2, 0.25) is 0 Å². The number of nitro benzene ring substituents is 1. The van der Waals surface area contributed by atoms with Crippen molar-refractivity contribution in [2.24, 2.45) is 0 Å². The highest BCUT2D eigenvalue weighted by Gasteiger charge is 2.13. The Labute approximate surface area is 163 Å². The van der Waals surface area contributed by atoms with E-state index < -0.39 is 4.92 Å². The van der Waals surface area contributed by atoms with Crippen molar-refractivity contribution in [3.63, 3.8) is 0 Å². The SMILES string of the molecule is COCc1nc(CNC(=O)c2ccc(Cl)s2)cn1-c1ccc([N+](=O)[O-])cc1. The fourth-order valence-electron chi connectivity index (χ4n) is 2.44. The summed E-state index contributed by atoms with van der Waals surface area (Å²) < 4.78 is 7.49. The van der Waals surface area contributed by atoms with E-state index in [0.29, 0.717) is 26.4 Å². The third kappa shape index (κ3) is 4.51. The van der Waals surface area contributed by atoms with Gasteiger partial charge in [-0.15, -0.1) is 11.3 Å². The zero-order chi connectivity index (χ0) is 19.4. The normalized spacial score (nSPS) is 10.7. The minimum atomic E-state index is -0.453. The molecule has 27 heavy (non-hydrogen) atoms. The Bertz CT molecular complexity index is 968. The summed E-state index contributed by atoms with van der Waals surface area (Å²) in [5.41, 5.74) is 1.36. The molecule has 0 aliphatic rings. The number of nitrogens with zero attached hydrogens (tertiary/aromatic N) is 3. The average Bonchev–Trinajstić information content (AvgIpc) is 3.26. The summed E-state index contributed by atoms with van der Waals surface area (Å²) in [6.07, 6.45) is 1.76. The third-order valence-corrected chi connectivity index (χ3v) is 4.90. The number of hydrogen-bond donors (Lipinski definition) is 1. The van der Waals surface area contributed by atoms with Crippen molar-refractivity contribution in [2.75, 3.05) is 7.11 Å². The maximum Gasteiger partial charge on any atom is 0.269 e. The molecule has 1 aromatic carbocycles. The smallest absolute Gasteiger partial charge is 0.269 e. The zero-order valence-electron chi connectivity index (χ0n) is 14.2. The second-order valence-electron chi connectivity index (χ2n) is 5.51. The van der Waals surface area contributed by atoms with E-state index in [9.17, 15) is 14.9 Å². The molecule has 1 amide bonds. The van der Waals surface area contributed by atoms with Crippen LogP contribution in [0.1, 0.15) is 21.2 Å². The van der Waals surface area contributed by atoms with Crippen molar-refractivity contribution in [2.45, 2.75) is 13.2 Å². The van der Waals surface area contributed by atoms with Crippen molar-refractivity contribution < 1.29 is 14.5 Å². The van der Waals surface area contributed by atoms with E-state index in [1.54, 1.807) is 42.1 Å². The minimum absolute atomic E-state index is 0.00857. The largest absolute Gasteiger partial charge is 0.377 e. The van der Waals surface area contributed by atoms with Crippen LogP contribution in [0.4, 0.5) is 5.69 Å². The Balaban J connectivity index is 1.78. The highest BCUT2D eigenvalue weighted by molar-refractivity contribution is 7.17. The number of carbonyl (C=O) groups is 1. The van der Waals surface area contributed by atoms with E-state index >= 15 is 0 Å². The standard InChI is InChI=1S/C17H15ClN4O4S/c1-26-10-16-20-11(8-19-17(23)14-6-7-15(18)27-14)9-21(16)12-2-4-13(5-3-12)22(24)25/h2-7,9H,8,10H2,1H3,(H,19,23). The zero-order valence-corrected chi connectivity index (χ0v) is 15.8. The number of halogens is 1. The Morgan fingerprint density at radius 1 is 1.33 bits per heavy atom. The van der Waals surface area contributed by atoms with Gasteiger partial charge in [0.15, 0.2) is 0 Å². The van der Waals surface area contributed by atoms with Crippen LogP contribution in [0.25, 0.3) is 5.69 Å². The molecule has 1 N–H and O–H groups in total. The summed E-state index contributed by atoms with van der Waals surface area (Å²) in [4.78, 5) is 27.5. The molecule has 0 unspecified atom stereocenters. The quantitative estimate of drug-likeness (QED) is 0.477. The summed E-state index contributed by atoms with van der Waals surface area (Å²) in [5.74, 6) is 0.389. The molecular weight excluding hydrogens is 392 g/mol. The summed E-state index contributed by atoms with van der Waals surface area (Å²) >= 11 is 7.05. The predicted octanol–water partition coefficient (Wildman–Crippen LogP) is 3.57. The van der Waals surface area contributed by atoms with E-state index in [-0.39, 0.29) is 24.7 Å². The van der Waals surface area contributed by atoms with Gasteiger partial charge >= 0.3 is 0 Å². The Morgan fingerprint density at radius 3 is 2.67 bits per heavy atom. The number of imidazole rings is 1. The van der Waals surface area contributed by atoms with E-state index in [4.69, 9.17) is 16.3 Å². The predicted molar refractivity (Wildman–Crippen MR) is 101 cm³/mol. The van der Waals surface area contributed by atoms with Gasteiger partial charge < -0.3 is 14.6 Å². The summed E-state index contributed by atoms with van der Waals surface area (Å²) in [6.45, 7) is 0.483. The fraction of sp³-hybridized carbons (Fsp3) is 0.176. The lowest BCUT2D eigenvalue weighted by molar-refractivity contribution is -0.384. The molecule has 0 aliphatic heterocycles. The number of hydrogen-bond acceptors (Lipinski definition) is 6. The molecule has 0 fully saturated rings. The van der Waals surface area contributed by atoms with Crippen LogP contribution in [0.3, 0.4) is 0 Å². The number of rotatable bonds is 7. The Kier molecular flexibility index (Phi) is 5.84.